The molecular formula is C16H26N4. The highest BCUT2D eigenvalue weighted by atomic mass is 15.4. The van der Waals surface area contributed by atoms with E-state index in [-0.39, 0.29) is 0 Å². The highest BCUT2D eigenvalue weighted by Crippen LogP contribution is 2.31. The van der Waals surface area contributed by atoms with Crippen LogP contribution in [0.15, 0.2) is 11.6 Å². The standard InChI is InChI=1S/C16H26N4/c1-11-6-4-7-12(2)14(11)10-17-15-8-5-9-20-16(15)18-13(3)19-20/h6,12,14-15,17H,4-5,7-10H2,1-3H3/t12-,14-,15+/m0/s1. The Hall–Kier alpha value is -1.16. The van der Waals surface area contributed by atoms with Crippen molar-refractivity contribution in [3.05, 3.63) is 23.3 Å². The van der Waals surface area contributed by atoms with E-state index < -0.39 is 0 Å². The molecule has 1 aliphatic carbocycles. The SMILES string of the molecule is CC1=CCC[C@H](C)[C@H]1CN[C@@H]1CCCn2nc(C)nc21. The first kappa shape index (κ1) is 13.8. The Kier molecular flexibility index (Phi) is 3.92. The van der Waals surface area contributed by atoms with Gasteiger partial charge in [0, 0.05) is 13.1 Å². The third kappa shape index (κ3) is 2.66. The van der Waals surface area contributed by atoms with Gasteiger partial charge in [0.2, 0.25) is 0 Å². The molecule has 4 nitrogen and oxygen atoms in total. The maximum absolute atomic E-state index is 4.61. The van der Waals surface area contributed by atoms with Gasteiger partial charge in [-0.25, -0.2) is 9.67 Å². The third-order valence-corrected chi connectivity index (χ3v) is 4.92. The van der Waals surface area contributed by atoms with Crippen LogP contribution in [0, 0.1) is 18.8 Å². The van der Waals surface area contributed by atoms with Crippen LogP contribution in [-0.2, 0) is 6.54 Å². The van der Waals surface area contributed by atoms with E-state index in [1.807, 2.05) is 6.92 Å². The normalized spacial score (nSPS) is 29.9. The molecule has 0 saturated carbocycles. The molecule has 0 unspecified atom stereocenters. The number of aryl methyl sites for hydroxylation is 2. The summed E-state index contributed by atoms with van der Waals surface area (Å²) >= 11 is 0. The summed E-state index contributed by atoms with van der Waals surface area (Å²) in [5.41, 5.74) is 1.56. The molecule has 4 heteroatoms. The Balaban J connectivity index is 1.67. The van der Waals surface area contributed by atoms with Crippen LogP contribution in [-0.4, -0.2) is 21.3 Å². The van der Waals surface area contributed by atoms with Crippen molar-refractivity contribution in [2.24, 2.45) is 11.8 Å². The van der Waals surface area contributed by atoms with E-state index in [0.29, 0.717) is 12.0 Å². The monoisotopic (exact) mass is 274 g/mol. The second-order valence-corrected chi connectivity index (χ2v) is 6.45. The Labute approximate surface area is 121 Å². The molecule has 1 N–H and O–H groups in total. The zero-order valence-electron chi connectivity index (χ0n) is 12.9. The maximum atomic E-state index is 4.61. The Morgan fingerprint density at radius 1 is 1.35 bits per heavy atom. The van der Waals surface area contributed by atoms with Crippen molar-refractivity contribution < 1.29 is 0 Å². The minimum Gasteiger partial charge on any atom is -0.307 e. The predicted molar refractivity (Wildman–Crippen MR) is 80.4 cm³/mol. The van der Waals surface area contributed by atoms with Crippen LogP contribution in [0.4, 0.5) is 0 Å². The second kappa shape index (κ2) is 5.68. The number of aromatic nitrogens is 3. The second-order valence-electron chi connectivity index (χ2n) is 6.45. The predicted octanol–water partition coefficient (Wildman–Crippen LogP) is 3.00. The number of fused-ring (bicyclic) bond motifs is 1. The van der Waals surface area contributed by atoms with Crippen LogP contribution >= 0.6 is 0 Å². The van der Waals surface area contributed by atoms with Gasteiger partial charge in [-0.1, -0.05) is 18.6 Å². The minimum atomic E-state index is 0.381. The molecule has 0 amide bonds. The molecule has 1 aromatic rings. The quantitative estimate of drug-likeness (QED) is 0.862. The number of nitrogens with one attached hydrogen (secondary N) is 1. The van der Waals surface area contributed by atoms with Gasteiger partial charge in [0.05, 0.1) is 6.04 Å². The average Bonchev–Trinajstić information content (AvgIpc) is 2.79. The fraction of sp³-hybridized carbons (Fsp3) is 0.750. The number of hydrogen-bond acceptors (Lipinski definition) is 3. The van der Waals surface area contributed by atoms with E-state index in [0.717, 1.165) is 30.7 Å². The van der Waals surface area contributed by atoms with Gasteiger partial charge in [-0.3, -0.25) is 0 Å². The first-order valence-electron chi connectivity index (χ1n) is 7.96. The molecule has 0 aromatic carbocycles. The molecule has 2 aliphatic rings. The van der Waals surface area contributed by atoms with E-state index in [1.165, 1.54) is 25.7 Å². The van der Waals surface area contributed by atoms with Gasteiger partial charge in [0.1, 0.15) is 11.6 Å². The molecule has 0 spiro atoms. The molecule has 0 saturated heterocycles. The lowest BCUT2D eigenvalue weighted by atomic mass is 9.80. The molecule has 0 bridgehead atoms. The molecule has 0 fully saturated rings. The highest BCUT2D eigenvalue weighted by molar-refractivity contribution is 5.10. The lowest BCUT2D eigenvalue weighted by Gasteiger charge is -2.31. The molecule has 2 heterocycles. The van der Waals surface area contributed by atoms with Crippen molar-refractivity contribution in [1.29, 1.82) is 0 Å². The van der Waals surface area contributed by atoms with Crippen molar-refractivity contribution >= 4 is 0 Å². The van der Waals surface area contributed by atoms with Crippen molar-refractivity contribution in [3.8, 4) is 0 Å². The molecule has 0 radical (unpaired) electrons. The van der Waals surface area contributed by atoms with Crippen LogP contribution in [0.3, 0.4) is 0 Å². The van der Waals surface area contributed by atoms with Crippen molar-refractivity contribution in [3.63, 3.8) is 0 Å². The van der Waals surface area contributed by atoms with E-state index in [1.54, 1.807) is 5.57 Å². The fourth-order valence-corrected chi connectivity index (χ4v) is 3.67. The van der Waals surface area contributed by atoms with Crippen LogP contribution in [0.25, 0.3) is 0 Å². The highest BCUT2D eigenvalue weighted by Gasteiger charge is 2.26. The van der Waals surface area contributed by atoms with E-state index in [9.17, 15) is 0 Å². The molecule has 1 aliphatic heterocycles. The Morgan fingerprint density at radius 2 is 2.20 bits per heavy atom. The zero-order valence-corrected chi connectivity index (χ0v) is 12.9. The first-order valence-corrected chi connectivity index (χ1v) is 7.96. The maximum Gasteiger partial charge on any atom is 0.147 e. The lowest BCUT2D eigenvalue weighted by molar-refractivity contribution is 0.305. The van der Waals surface area contributed by atoms with Gasteiger partial charge in [-0.2, -0.15) is 5.10 Å². The fourth-order valence-electron chi connectivity index (χ4n) is 3.67. The van der Waals surface area contributed by atoms with Gasteiger partial charge in [-0.15, -0.1) is 0 Å². The van der Waals surface area contributed by atoms with Gasteiger partial charge < -0.3 is 5.32 Å². The summed E-state index contributed by atoms with van der Waals surface area (Å²) in [6.45, 7) is 8.75. The molecule has 3 rings (SSSR count). The summed E-state index contributed by atoms with van der Waals surface area (Å²) in [6, 6.07) is 0.381. The van der Waals surface area contributed by atoms with Crippen LogP contribution < -0.4 is 5.32 Å². The van der Waals surface area contributed by atoms with Gasteiger partial charge in [0.25, 0.3) is 0 Å². The number of rotatable bonds is 3. The summed E-state index contributed by atoms with van der Waals surface area (Å²) in [6.07, 6.45) is 7.37. The average molecular weight is 274 g/mol. The summed E-state index contributed by atoms with van der Waals surface area (Å²) < 4.78 is 2.09. The topological polar surface area (TPSA) is 42.7 Å². The Morgan fingerprint density at radius 3 is 3.00 bits per heavy atom. The van der Waals surface area contributed by atoms with Crippen LogP contribution in [0.1, 0.15) is 57.2 Å². The summed E-state index contributed by atoms with van der Waals surface area (Å²) in [5, 5.41) is 8.24. The summed E-state index contributed by atoms with van der Waals surface area (Å²) in [5.74, 6) is 3.51. The first-order chi connectivity index (χ1) is 9.65. The Bertz CT molecular complexity index is 503. The molecular weight excluding hydrogens is 248 g/mol. The summed E-state index contributed by atoms with van der Waals surface area (Å²) in [4.78, 5) is 4.61. The summed E-state index contributed by atoms with van der Waals surface area (Å²) in [7, 11) is 0. The van der Waals surface area contributed by atoms with E-state index >= 15 is 0 Å². The van der Waals surface area contributed by atoms with Crippen LogP contribution in [0.2, 0.25) is 0 Å². The zero-order chi connectivity index (χ0) is 14.1. The largest absolute Gasteiger partial charge is 0.307 e. The molecule has 110 valence electrons. The number of hydrogen-bond donors (Lipinski definition) is 1. The van der Waals surface area contributed by atoms with Gasteiger partial charge in [0.15, 0.2) is 0 Å². The molecule has 20 heavy (non-hydrogen) atoms. The molecule has 3 atom stereocenters. The van der Waals surface area contributed by atoms with Crippen LogP contribution in [0.5, 0.6) is 0 Å². The molecule has 1 aromatic heterocycles. The van der Waals surface area contributed by atoms with Crippen molar-refractivity contribution in [2.75, 3.05) is 6.54 Å². The third-order valence-electron chi connectivity index (χ3n) is 4.92. The van der Waals surface area contributed by atoms with Gasteiger partial charge in [-0.05, 0) is 51.4 Å². The lowest BCUT2D eigenvalue weighted by Crippen LogP contribution is -2.35. The van der Waals surface area contributed by atoms with Crippen molar-refractivity contribution in [2.45, 2.75) is 59.0 Å². The van der Waals surface area contributed by atoms with Crippen molar-refractivity contribution in [1.82, 2.24) is 20.1 Å². The minimum absolute atomic E-state index is 0.381. The van der Waals surface area contributed by atoms with E-state index in [2.05, 4.69) is 40.0 Å². The number of nitrogens with zero attached hydrogens (tertiary/aromatic N) is 3. The van der Waals surface area contributed by atoms with E-state index in [4.69, 9.17) is 0 Å². The van der Waals surface area contributed by atoms with Gasteiger partial charge >= 0.3 is 0 Å². The smallest absolute Gasteiger partial charge is 0.147 e. The number of allylic oxidation sites excluding steroid dienone is 1.